The monoisotopic (exact) mass is 266 g/mol. The van der Waals surface area contributed by atoms with Crippen LogP contribution in [0.1, 0.15) is 42.2 Å². The van der Waals surface area contributed by atoms with Gasteiger partial charge in [0.2, 0.25) is 0 Å². The second kappa shape index (κ2) is 4.05. The van der Waals surface area contributed by atoms with Gasteiger partial charge in [-0.15, -0.1) is 0 Å². The van der Waals surface area contributed by atoms with Crippen LogP contribution >= 0.6 is 0 Å². The molecule has 0 saturated heterocycles. The summed E-state index contributed by atoms with van der Waals surface area (Å²) in [5.41, 5.74) is 1.98. The largest absolute Gasteiger partial charge is 0.507 e. The Morgan fingerprint density at radius 3 is 2.32 bits per heavy atom. The molecule has 2 N–H and O–H groups in total. The van der Waals surface area contributed by atoms with Crippen molar-refractivity contribution in [2.75, 3.05) is 0 Å². The lowest BCUT2D eigenvalue weighted by molar-refractivity contribution is -0.0323. The Kier molecular flexibility index (Phi) is 2.88. The Bertz CT molecular complexity index is 560. The Morgan fingerprint density at radius 1 is 1.21 bits per heavy atom. The van der Waals surface area contributed by atoms with Gasteiger partial charge in [-0.05, 0) is 45.7 Å². The minimum absolute atomic E-state index is 0.163. The molecule has 1 aromatic rings. The van der Waals surface area contributed by atoms with Gasteiger partial charge in [0.15, 0.2) is 6.10 Å². The number of hydrogen-bond donors (Lipinski definition) is 2. The molecule has 0 aromatic heterocycles. The van der Waals surface area contributed by atoms with E-state index in [0.29, 0.717) is 16.9 Å². The first-order valence-electron chi connectivity index (χ1n) is 6.08. The summed E-state index contributed by atoms with van der Waals surface area (Å²) in [5.74, 6) is 0.778. The minimum Gasteiger partial charge on any atom is -0.507 e. The zero-order valence-corrected chi connectivity index (χ0v) is 11.7. The zero-order chi connectivity index (χ0) is 14.5. The van der Waals surface area contributed by atoms with Gasteiger partial charge in [0, 0.05) is 11.1 Å². The average Bonchev–Trinajstić information content (AvgIpc) is 2.56. The maximum Gasteiger partial charge on any atom is 0.506 e. The van der Waals surface area contributed by atoms with Gasteiger partial charge >= 0.3 is 6.16 Å². The lowest BCUT2D eigenvalue weighted by Gasteiger charge is -2.25. The van der Waals surface area contributed by atoms with Gasteiger partial charge in [-0.2, -0.15) is 0 Å². The van der Waals surface area contributed by atoms with Crippen molar-refractivity contribution in [3.05, 3.63) is 22.3 Å². The van der Waals surface area contributed by atoms with Gasteiger partial charge in [0.05, 0.1) is 0 Å². The summed E-state index contributed by atoms with van der Waals surface area (Å²) < 4.78 is 10.8. The molecule has 0 fully saturated rings. The summed E-state index contributed by atoms with van der Waals surface area (Å²) in [7, 11) is 0. The Balaban J connectivity index is 2.68. The molecule has 0 aliphatic carbocycles. The molecule has 1 unspecified atom stereocenters. The highest BCUT2D eigenvalue weighted by molar-refractivity contribution is 5.63. The number of phenolic OH excluding ortho intramolecular Hbond substituents is 1. The van der Waals surface area contributed by atoms with Crippen LogP contribution in [-0.4, -0.2) is 22.0 Å². The van der Waals surface area contributed by atoms with Gasteiger partial charge in [-0.25, -0.2) is 4.79 Å². The molecular weight excluding hydrogens is 248 g/mol. The van der Waals surface area contributed by atoms with E-state index in [4.69, 9.17) is 14.6 Å². The maximum absolute atomic E-state index is 10.9. The van der Waals surface area contributed by atoms with Crippen LogP contribution in [0.4, 0.5) is 4.79 Å². The van der Waals surface area contributed by atoms with Crippen LogP contribution in [-0.2, 0) is 4.74 Å². The lowest BCUT2D eigenvalue weighted by atomic mass is 9.91. The van der Waals surface area contributed by atoms with Gasteiger partial charge in [-0.1, -0.05) is 0 Å². The van der Waals surface area contributed by atoms with Gasteiger partial charge < -0.3 is 19.7 Å². The van der Waals surface area contributed by atoms with E-state index in [0.717, 1.165) is 11.1 Å². The first kappa shape index (κ1) is 13.5. The molecule has 2 rings (SSSR count). The van der Waals surface area contributed by atoms with E-state index >= 15 is 0 Å². The fraction of sp³-hybridized carbons (Fsp3) is 0.500. The third-order valence-corrected chi connectivity index (χ3v) is 3.74. The number of phenols is 1. The van der Waals surface area contributed by atoms with E-state index in [2.05, 4.69) is 0 Å². The molecule has 0 saturated carbocycles. The highest BCUT2D eigenvalue weighted by Crippen LogP contribution is 2.51. The quantitative estimate of drug-likeness (QED) is 0.763. The maximum atomic E-state index is 10.9. The molecule has 1 aliphatic heterocycles. The van der Waals surface area contributed by atoms with E-state index in [1.54, 1.807) is 27.7 Å². The van der Waals surface area contributed by atoms with Crippen LogP contribution in [0.5, 0.6) is 11.5 Å². The highest BCUT2D eigenvalue weighted by Gasteiger charge is 2.46. The van der Waals surface area contributed by atoms with Crippen LogP contribution in [0.25, 0.3) is 0 Å². The van der Waals surface area contributed by atoms with E-state index in [1.807, 2.05) is 6.92 Å². The number of ether oxygens (including phenoxy) is 2. The Labute approximate surface area is 111 Å². The third-order valence-electron chi connectivity index (χ3n) is 3.74. The van der Waals surface area contributed by atoms with Crippen molar-refractivity contribution in [3.63, 3.8) is 0 Å². The minimum atomic E-state index is -1.35. The molecule has 0 bridgehead atoms. The summed E-state index contributed by atoms with van der Waals surface area (Å²) in [5, 5.41) is 19.0. The molecule has 104 valence electrons. The molecule has 0 amide bonds. The molecule has 1 aromatic carbocycles. The number of carbonyl (C=O) groups is 1. The van der Waals surface area contributed by atoms with Gasteiger partial charge in [0.1, 0.15) is 17.1 Å². The summed E-state index contributed by atoms with van der Waals surface area (Å²) in [6.07, 6.45) is -2.10. The highest BCUT2D eigenvalue weighted by atomic mass is 16.7. The molecule has 1 heterocycles. The van der Waals surface area contributed by atoms with Crippen LogP contribution in [0.2, 0.25) is 0 Å². The number of carboxylic acid groups (broad SMARTS) is 1. The van der Waals surface area contributed by atoms with E-state index < -0.39 is 17.9 Å². The van der Waals surface area contributed by atoms with Gasteiger partial charge in [-0.3, -0.25) is 0 Å². The summed E-state index contributed by atoms with van der Waals surface area (Å²) in [6.45, 7) is 8.92. The number of benzene rings is 1. The zero-order valence-electron chi connectivity index (χ0n) is 11.7. The number of rotatable bonds is 1. The molecule has 1 aliphatic rings. The predicted molar refractivity (Wildman–Crippen MR) is 68.9 cm³/mol. The van der Waals surface area contributed by atoms with Crippen molar-refractivity contribution in [2.45, 2.75) is 46.3 Å². The molecule has 1 atom stereocenters. The standard InChI is InChI=1S/C14H18O5/c1-6-7(2)11-9(8(3)10(6)15)12(18-13(16)17)14(4,5)19-11/h12,15H,1-5H3,(H,16,17). The van der Waals surface area contributed by atoms with Crippen molar-refractivity contribution < 1.29 is 24.5 Å². The number of aromatic hydroxyl groups is 1. The molecular formula is C14H18O5. The van der Waals surface area contributed by atoms with Crippen molar-refractivity contribution in [1.82, 2.24) is 0 Å². The molecule has 5 nitrogen and oxygen atoms in total. The third kappa shape index (κ3) is 1.89. The fourth-order valence-corrected chi connectivity index (χ4v) is 2.54. The van der Waals surface area contributed by atoms with Crippen molar-refractivity contribution in [3.8, 4) is 11.5 Å². The van der Waals surface area contributed by atoms with Crippen LogP contribution in [0.15, 0.2) is 0 Å². The Hall–Kier alpha value is -1.91. The number of hydrogen-bond acceptors (Lipinski definition) is 4. The lowest BCUT2D eigenvalue weighted by Crippen LogP contribution is -2.33. The SMILES string of the molecule is Cc1c(C)c2c(c(C)c1O)C(OC(=O)O)C(C)(C)O2. The molecule has 0 spiro atoms. The van der Waals surface area contributed by atoms with Crippen molar-refractivity contribution >= 4 is 6.16 Å². The van der Waals surface area contributed by atoms with Crippen LogP contribution in [0, 0.1) is 20.8 Å². The van der Waals surface area contributed by atoms with Crippen LogP contribution < -0.4 is 4.74 Å². The first-order chi connectivity index (χ1) is 8.66. The van der Waals surface area contributed by atoms with Crippen molar-refractivity contribution in [2.24, 2.45) is 0 Å². The van der Waals surface area contributed by atoms with Crippen LogP contribution in [0.3, 0.4) is 0 Å². The summed E-state index contributed by atoms with van der Waals surface area (Å²) in [6, 6.07) is 0. The Morgan fingerprint density at radius 2 is 1.79 bits per heavy atom. The average molecular weight is 266 g/mol. The first-order valence-corrected chi connectivity index (χ1v) is 6.08. The smallest absolute Gasteiger partial charge is 0.506 e. The molecule has 19 heavy (non-hydrogen) atoms. The topological polar surface area (TPSA) is 76.0 Å². The van der Waals surface area contributed by atoms with Gasteiger partial charge in [0.25, 0.3) is 0 Å². The normalized spacial score (nSPS) is 19.7. The van der Waals surface area contributed by atoms with E-state index in [9.17, 15) is 9.90 Å². The van der Waals surface area contributed by atoms with Crippen molar-refractivity contribution in [1.29, 1.82) is 0 Å². The summed E-state index contributed by atoms with van der Waals surface area (Å²) in [4.78, 5) is 10.9. The fourth-order valence-electron chi connectivity index (χ4n) is 2.54. The molecule has 0 radical (unpaired) electrons. The second-order valence-electron chi connectivity index (χ2n) is 5.44. The number of fused-ring (bicyclic) bond motifs is 1. The second-order valence-corrected chi connectivity index (χ2v) is 5.44. The van der Waals surface area contributed by atoms with E-state index in [-0.39, 0.29) is 5.75 Å². The molecule has 5 heteroatoms. The predicted octanol–water partition coefficient (Wildman–Crippen LogP) is 3.22. The summed E-state index contributed by atoms with van der Waals surface area (Å²) >= 11 is 0. The van der Waals surface area contributed by atoms with E-state index in [1.165, 1.54) is 0 Å².